The predicted molar refractivity (Wildman–Crippen MR) is 68.0 cm³/mol. The monoisotopic (exact) mass is 282 g/mol. The third-order valence-corrected chi connectivity index (χ3v) is 3.46. The van der Waals surface area contributed by atoms with Gasteiger partial charge in [0.1, 0.15) is 6.54 Å². The van der Waals surface area contributed by atoms with E-state index < -0.39 is 5.97 Å². The first-order valence-electron chi connectivity index (χ1n) is 6.62. The predicted octanol–water partition coefficient (Wildman–Crippen LogP) is -0.403. The van der Waals surface area contributed by atoms with Crippen molar-refractivity contribution in [1.29, 1.82) is 0 Å². The molecule has 0 bridgehead atoms. The molecule has 2 rings (SSSR count). The average molecular weight is 282 g/mol. The molecule has 1 amide bonds. The van der Waals surface area contributed by atoms with Gasteiger partial charge in [-0.05, 0) is 25.2 Å². The van der Waals surface area contributed by atoms with Gasteiger partial charge in [-0.15, -0.1) is 5.10 Å². The third kappa shape index (κ3) is 3.53. The van der Waals surface area contributed by atoms with Gasteiger partial charge in [-0.3, -0.25) is 4.79 Å². The van der Waals surface area contributed by atoms with Crippen molar-refractivity contribution in [3.05, 3.63) is 11.9 Å². The lowest BCUT2D eigenvalue weighted by Crippen LogP contribution is -2.41. The maximum absolute atomic E-state index is 12.1. The molecule has 1 aliphatic rings. The topological polar surface area (TPSA) is 109 Å². The Balaban J connectivity index is 1.91. The molecule has 0 aliphatic carbocycles. The van der Waals surface area contributed by atoms with Crippen LogP contribution in [0.15, 0.2) is 6.20 Å². The number of carboxylic acid groups (broad SMARTS) is 1. The molecule has 1 unspecified atom stereocenters. The van der Waals surface area contributed by atoms with Gasteiger partial charge in [-0.25, -0.2) is 9.48 Å². The Morgan fingerprint density at radius 2 is 2.25 bits per heavy atom. The van der Waals surface area contributed by atoms with E-state index in [9.17, 15) is 9.59 Å². The van der Waals surface area contributed by atoms with E-state index in [-0.39, 0.29) is 24.8 Å². The number of aromatic carboxylic acids is 1. The van der Waals surface area contributed by atoms with Gasteiger partial charge >= 0.3 is 5.97 Å². The summed E-state index contributed by atoms with van der Waals surface area (Å²) in [6.45, 7) is 1.46. The van der Waals surface area contributed by atoms with Crippen LogP contribution in [-0.2, 0) is 11.3 Å². The molecule has 0 saturated carbocycles. The van der Waals surface area contributed by atoms with Crippen molar-refractivity contribution in [2.75, 3.05) is 19.7 Å². The zero-order valence-corrected chi connectivity index (χ0v) is 11.1. The molecule has 1 fully saturated rings. The van der Waals surface area contributed by atoms with Gasteiger partial charge in [0, 0.05) is 19.7 Å². The molecular formula is C12H18N4O4. The van der Waals surface area contributed by atoms with Crippen molar-refractivity contribution in [2.45, 2.75) is 25.8 Å². The van der Waals surface area contributed by atoms with E-state index in [4.69, 9.17) is 10.2 Å². The third-order valence-electron chi connectivity index (χ3n) is 3.46. The molecule has 2 N–H and O–H groups in total. The van der Waals surface area contributed by atoms with Crippen LogP contribution in [0.4, 0.5) is 0 Å². The molecule has 2 heterocycles. The minimum Gasteiger partial charge on any atom is -0.476 e. The lowest BCUT2D eigenvalue weighted by Gasteiger charge is -2.32. The minimum absolute atomic E-state index is 0.00781. The number of carbonyl (C=O) groups is 2. The Kier molecular flexibility index (Phi) is 4.67. The minimum atomic E-state index is -1.16. The Bertz CT molecular complexity index is 486. The summed E-state index contributed by atoms with van der Waals surface area (Å²) in [5.74, 6) is -0.929. The molecule has 20 heavy (non-hydrogen) atoms. The maximum Gasteiger partial charge on any atom is 0.358 e. The zero-order chi connectivity index (χ0) is 14.5. The lowest BCUT2D eigenvalue weighted by atomic mass is 9.95. The number of amides is 1. The van der Waals surface area contributed by atoms with Crippen LogP contribution >= 0.6 is 0 Å². The van der Waals surface area contributed by atoms with Crippen molar-refractivity contribution in [1.82, 2.24) is 19.9 Å². The molecule has 1 aromatic heterocycles. The van der Waals surface area contributed by atoms with Gasteiger partial charge in [-0.1, -0.05) is 5.21 Å². The summed E-state index contributed by atoms with van der Waals surface area (Å²) in [5.41, 5.74) is -0.172. The van der Waals surface area contributed by atoms with Crippen LogP contribution < -0.4 is 0 Å². The van der Waals surface area contributed by atoms with E-state index in [1.807, 2.05) is 0 Å². The second-order valence-electron chi connectivity index (χ2n) is 4.97. The van der Waals surface area contributed by atoms with E-state index in [1.54, 1.807) is 4.90 Å². The summed E-state index contributed by atoms with van der Waals surface area (Å²) in [7, 11) is 0. The van der Waals surface area contributed by atoms with Gasteiger partial charge in [-0.2, -0.15) is 0 Å². The van der Waals surface area contributed by atoms with Gasteiger partial charge in [0.25, 0.3) is 0 Å². The van der Waals surface area contributed by atoms with Crippen LogP contribution in [0.3, 0.4) is 0 Å². The standard InChI is InChI=1S/C12H18N4O4/c17-5-3-9-2-1-4-15(6-9)11(18)8-16-7-10(12(19)20)13-14-16/h7,9,17H,1-6,8H2,(H,19,20). The molecule has 1 saturated heterocycles. The highest BCUT2D eigenvalue weighted by Crippen LogP contribution is 2.19. The fraction of sp³-hybridized carbons (Fsp3) is 0.667. The quantitative estimate of drug-likeness (QED) is 0.760. The maximum atomic E-state index is 12.1. The average Bonchev–Trinajstić information content (AvgIpc) is 2.88. The van der Waals surface area contributed by atoms with Crippen LogP contribution in [0, 0.1) is 5.92 Å². The number of carbonyl (C=O) groups excluding carboxylic acids is 1. The number of likely N-dealkylation sites (tertiary alicyclic amines) is 1. The highest BCUT2D eigenvalue weighted by molar-refractivity contribution is 5.84. The van der Waals surface area contributed by atoms with Crippen LogP contribution in [0.2, 0.25) is 0 Å². The normalized spacial score (nSPS) is 19.1. The number of aromatic nitrogens is 3. The summed E-state index contributed by atoms with van der Waals surface area (Å²) >= 11 is 0. The van der Waals surface area contributed by atoms with E-state index in [0.29, 0.717) is 25.4 Å². The number of rotatable bonds is 5. The van der Waals surface area contributed by atoms with Crippen LogP contribution in [-0.4, -0.2) is 61.7 Å². The first-order valence-corrected chi connectivity index (χ1v) is 6.62. The van der Waals surface area contributed by atoms with Crippen molar-refractivity contribution in [2.24, 2.45) is 5.92 Å². The molecular weight excluding hydrogens is 264 g/mol. The van der Waals surface area contributed by atoms with Gasteiger partial charge in [0.2, 0.25) is 5.91 Å². The molecule has 0 spiro atoms. The first-order chi connectivity index (χ1) is 9.60. The molecule has 0 radical (unpaired) electrons. The van der Waals surface area contributed by atoms with Crippen molar-refractivity contribution >= 4 is 11.9 Å². The number of piperidine rings is 1. The molecule has 1 atom stereocenters. The second-order valence-corrected chi connectivity index (χ2v) is 4.97. The molecule has 110 valence electrons. The number of aliphatic hydroxyl groups excluding tert-OH is 1. The Morgan fingerprint density at radius 3 is 2.90 bits per heavy atom. The molecule has 8 nitrogen and oxygen atoms in total. The van der Waals surface area contributed by atoms with Crippen molar-refractivity contribution in [3.63, 3.8) is 0 Å². The summed E-state index contributed by atoms with van der Waals surface area (Å²) in [6, 6.07) is 0. The van der Waals surface area contributed by atoms with E-state index >= 15 is 0 Å². The van der Waals surface area contributed by atoms with Crippen molar-refractivity contribution in [3.8, 4) is 0 Å². The molecule has 8 heteroatoms. The highest BCUT2D eigenvalue weighted by atomic mass is 16.4. The first kappa shape index (κ1) is 14.4. The number of carboxylic acids is 1. The fourth-order valence-electron chi connectivity index (χ4n) is 2.42. The van der Waals surface area contributed by atoms with Crippen molar-refractivity contribution < 1.29 is 19.8 Å². The Labute approximate surface area is 116 Å². The second kappa shape index (κ2) is 6.47. The molecule has 1 aliphatic heterocycles. The molecule has 1 aromatic rings. The van der Waals surface area contributed by atoms with E-state index in [0.717, 1.165) is 12.8 Å². The lowest BCUT2D eigenvalue weighted by molar-refractivity contribution is -0.134. The number of nitrogens with zero attached hydrogens (tertiary/aromatic N) is 4. The van der Waals surface area contributed by atoms with E-state index in [1.165, 1.54) is 10.9 Å². The summed E-state index contributed by atoms with van der Waals surface area (Å²) in [4.78, 5) is 24.5. The number of hydrogen-bond acceptors (Lipinski definition) is 5. The summed E-state index contributed by atoms with van der Waals surface area (Å²) in [6.07, 6.45) is 3.90. The van der Waals surface area contributed by atoms with Gasteiger partial charge < -0.3 is 15.1 Å². The molecule has 0 aromatic carbocycles. The van der Waals surface area contributed by atoms with Crippen LogP contribution in [0.1, 0.15) is 29.8 Å². The van der Waals surface area contributed by atoms with E-state index in [2.05, 4.69) is 10.3 Å². The number of aliphatic hydroxyl groups is 1. The smallest absolute Gasteiger partial charge is 0.358 e. The van der Waals surface area contributed by atoms with Crippen LogP contribution in [0.5, 0.6) is 0 Å². The van der Waals surface area contributed by atoms with Gasteiger partial charge in [0.05, 0.1) is 6.20 Å². The highest BCUT2D eigenvalue weighted by Gasteiger charge is 2.23. The van der Waals surface area contributed by atoms with Crippen LogP contribution in [0.25, 0.3) is 0 Å². The SMILES string of the molecule is O=C(O)c1cn(CC(=O)N2CCCC(CCO)C2)nn1. The summed E-state index contributed by atoms with van der Waals surface area (Å²) < 4.78 is 1.24. The zero-order valence-electron chi connectivity index (χ0n) is 11.1. The fourth-order valence-corrected chi connectivity index (χ4v) is 2.42. The number of hydrogen-bond donors (Lipinski definition) is 2. The Morgan fingerprint density at radius 1 is 1.45 bits per heavy atom. The Hall–Kier alpha value is -1.96. The van der Waals surface area contributed by atoms with Gasteiger partial charge in [0.15, 0.2) is 5.69 Å². The summed E-state index contributed by atoms with van der Waals surface area (Å²) in [5, 5.41) is 24.8. The largest absolute Gasteiger partial charge is 0.476 e.